The van der Waals surface area contributed by atoms with E-state index in [0.717, 1.165) is 5.39 Å². The average Bonchev–Trinajstić information content (AvgIpc) is 2.52. The van der Waals surface area contributed by atoms with E-state index < -0.39 is 6.10 Å². The minimum absolute atomic E-state index is 0.0600. The number of hydrogen-bond acceptors (Lipinski definition) is 5. The van der Waals surface area contributed by atoms with Crippen LogP contribution in [0.15, 0.2) is 24.3 Å². The Kier molecular flexibility index (Phi) is 6.15. The SMILES string of the molecule is CCOCC(=O)Nc1c(Cl)nc2ccccc2c1NCC(C)O. The summed E-state index contributed by atoms with van der Waals surface area (Å²) in [5.74, 6) is -0.314. The largest absolute Gasteiger partial charge is 0.392 e. The van der Waals surface area contributed by atoms with Crippen molar-refractivity contribution < 1.29 is 14.6 Å². The van der Waals surface area contributed by atoms with Gasteiger partial charge in [-0.2, -0.15) is 0 Å². The number of aromatic nitrogens is 1. The van der Waals surface area contributed by atoms with Crippen LogP contribution in [0.2, 0.25) is 5.15 Å². The van der Waals surface area contributed by atoms with Gasteiger partial charge in [-0.05, 0) is 19.9 Å². The van der Waals surface area contributed by atoms with Crippen LogP contribution in [0.4, 0.5) is 11.4 Å². The van der Waals surface area contributed by atoms with Crippen LogP contribution in [0.3, 0.4) is 0 Å². The van der Waals surface area contributed by atoms with Crippen LogP contribution in [0, 0.1) is 0 Å². The molecule has 0 aliphatic rings. The third kappa shape index (κ3) is 4.54. The standard InChI is InChI=1S/C16H20ClN3O3/c1-3-23-9-13(22)20-15-14(18-8-10(2)21)11-6-4-5-7-12(11)19-16(15)17/h4-7,10,21H,3,8-9H2,1-2H3,(H,18,19)(H,20,22). The number of halogens is 1. The molecule has 0 bridgehead atoms. The number of carbonyl (C=O) groups is 1. The minimum Gasteiger partial charge on any atom is -0.392 e. The number of aliphatic hydroxyl groups is 1. The van der Waals surface area contributed by atoms with Crippen molar-refractivity contribution in [3.8, 4) is 0 Å². The molecule has 1 heterocycles. The zero-order chi connectivity index (χ0) is 16.8. The lowest BCUT2D eigenvalue weighted by molar-refractivity contribution is -0.120. The van der Waals surface area contributed by atoms with E-state index in [0.29, 0.717) is 30.0 Å². The molecule has 0 radical (unpaired) electrons. The lowest BCUT2D eigenvalue weighted by atomic mass is 10.1. The Balaban J connectivity index is 2.41. The van der Waals surface area contributed by atoms with E-state index in [1.165, 1.54) is 0 Å². The van der Waals surface area contributed by atoms with Gasteiger partial charge in [0.1, 0.15) is 12.3 Å². The van der Waals surface area contributed by atoms with E-state index >= 15 is 0 Å². The third-order valence-corrected chi connectivity index (χ3v) is 3.40. The van der Waals surface area contributed by atoms with Crippen molar-refractivity contribution >= 4 is 39.8 Å². The lowest BCUT2D eigenvalue weighted by Gasteiger charge is -2.17. The van der Waals surface area contributed by atoms with Crippen LogP contribution >= 0.6 is 11.6 Å². The molecule has 1 aromatic heterocycles. The first-order valence-corrected chi connectivity index (χ1v) is 7.78. The maximum absolute atomic E-state index is 12.0. The molecule has 0 aliphatic carbocycles. The molecule has 1 unspecified atom stereocenters. The number of anilines is 2. The molecule has 0 aliphatic heterocycles. The zero-order valence-corrected chi connectivity index (χ0v) is 13.9. The summed E-state index contributed by atoms with van der Waals surface area (Å²) in [5, 5.41) is 16.4. The number of nitrogens with one attached hydrogen (secondary N) is 2. The molecule has 1 amide bonds. The number of amides is 1. The molecule has 7 heteroatoms. The van der Waals surface area contributed by atoms with Crippen LogP contribution in [0.1, 0.15) is 13.8 Å². The number of ether oxygens (including phenoxy) is 1. The van der Waals surface area contributed by atoms with Crippen LogP contribution in [-0.2, 0) is 9.53 Å². The summed E-state index contributed by atoms with van der Waals surface area (Å²) in [7, 11) is 0. The Morgan fingerprint density at radius 1 is 1.39 bits per heavy atom. The second-order valence-corrected chi connectivity index (χ2v) is 5.44. The number of rotatable bonds is 7. The van der Waals surface area contributed by atoms with Gasteiger partial charge >= 0.3 is 0 Å². The van der Waals surface area contributed by atoms with E-state index in [4.69, 9.17) is 16.3 Å². The molecule has 6 nitrogen and oxygen atoms in total. The van der Waals surface area contributed by atoms with Crippen molar-refractivity contribution in [2.24, 2.45) is 0 Å². The molecular formula is C16H20ClN3O3. The Hall–Kier alpha value is -1.89. The molecule has 0 saturated carbocycles. The van der Waals surface area contributed by atoms with Crippen molar-refractivity contribution in [1.82, 2.24) is 4.98 Å². The van der Waals surface area contributed by atoms with Gasteiger partial charge in [-0.3, -0.25) is 4.79 Å². The highest BCUT2D eigenvalue weighted by Crippen LogP contribution is 2.35. The van der Waals surface area contributed by atoms with Crippen molar-refractivity contribution in [2.45, 2.75) is 20.0 Å². The van der Waals surface area contributed by atoms with Crippen LogP contribution in [0.5, 0.6) is 0 Å². The summed E-state index contributed by atoms with van der Waals surface area (Å²) >= 11 is 6.23. The Bertz CT molecular complexity index is 692. The number of aliphatic hydroxyl groups excluding tert-OH is 1. The lowest BCUT2D eigenvalue weighted by Crippen LogP contribution is -2.21. The maximum atomic E-state index is 12.0. The van der Waals surface area contributed by atoms with Crippen molar-refractivity contribution in [2.75, 3.05) is 30.4 Å². The molecule has 2 aromatic rings. The summed E-state index contributed by atoms with van der Waals surface area (Å²) in [6, 6.07) is 7.44. The van der Waals surface area contributed by atoms with Crippen molar-refractivity contribution in [3.05, 3.63) is 29.4 Å². The molecule has 0 fully saturated rings. The first-order valence-electron chi connectivity index (χ1n) is 7.40. The maximum Gasteiger partial charge on any atom is 0.250 e. The van der Waals surface area contributed by atoms with E-state index in [1.807, 2.05) is 31.2 Å². The Morgan fingerprint density at radius 3 is 2.83 bits per heavy atom. The Labute approximate surface area is 139 Å². The predicted octanol–water partition coefficient (Wildman–Crippen LogP) is 2.66. The molecule has 124 valence electrons. The fraction of sp³-hybridized carbons (Fsp3) is 0.375. The van der Waals surface area contributed by atoms with Gasteiger partial charge in [0.15, 0.2) is 5.15 Å². The van der Waals surface area contributed by atoms with E-state index in [-0.39, 0.29) is 17.7 Å². The Morgan fingerprint density at radius 2 is 2.13 bits per heavy atom. The van der Waals surface area contributed by atoms with Crippen LogP contribution in [0.25, 0.3) is 10.9 Å². The van der Waals surface area contributed by atoms with Crippen LogP contribution in [-0.4, -0.2) is 41.9 Å². The zero-order valence-electron chi connectivity index (χ0n) is 13.1. The highest BCUT2D eigenvalue weighted by molar-refractivity contribution is 6.34. The van der Waals surface area contributed by atoms with E-state index in [9.17, 15) is 9.90 Å². The first-order chi connectivity index (χ1) is 11.0. The van der Waals surface area contributed by atoms with Crippen LogP contribution < -0.4 is 10.6 Å². The summed E-state index contributed by atoms with van der Waals surface area (Å²) < 4.78 is 5.10. The molecule has 23 heavy (non-hydrogen) atoms. The molecule has 0 saturated heterocycles. The van der Waals surface area contributed by atoms with Gasteiger partial charge in [-0.15, -0.1) is 0 Å². The van der Waals surface area contributed by atoms with E-state index in [1.54, 1.807) is 6.92 Å². The number of carbonyl (C=O) groups excluding carboxylic acids is 1. The fourth-order valence-corrected chi connectivity index (χ4v) is 2.33. The molecule has 1 aromatic carbocycles. The van der Waals surface area contributed by atoms with Gasteiger partial charge in [0.2, 0.25) is 0 Å². The highest BCUT2D eigenvalue weighted by Gasteiger charge is 2.16. The number of para-hydroxylation sites is 1. The highest BCUT2D eigenvalue weighted by atomic mass is 35.5. The normalized spacial score (nSPS) is 12.2. The first kappa shape index (κ1) is 17.5. The number of benzene rings is 1. The second kappa shape index (κ2) is 8.10. The summed E-state index contributed by atoms with van der Waals surface area (Å²) in [6.07, 6.45) is -0.548. The number of fused-ring (bicyclic) bond motifs is 1. The van der Waals surface area contributed by atoms with Gasteiger partial charge in [-0.1, -0.05) is 29.8 Å². The molecule has 2 rings (SSSR count). The molecule has 1 atom stereocenters. The third-order valence-electron chi connectivity index (χ3n) is 3.12. The van der Waals surface area contributed by atoms with Crippen molar-refractivity contribution in [1.29, 1.82) is 0 Å². The molecule has 3 N–H and O–H groups in total. The average molecular weight is 338 g/mol. The van der Waals surface area contributed by atoms with E-state index in [2.05, 4.69) is 15.6 Å². The topological polar surface area (TPSA) is 83.5 Å². The van der Waals surface area contributed by atoms with Gasteiger partial charge in [0.25, 0.3) is 5.91 Å². The monoisotopic (exact) mass is 337 g/mol. The molecule has 0 spiro atoms. The summed E-state index contributed by atoms with van der Waals surface area (Å²) in [4.78, 5) is 16.3. The summed E-state index contributed by atoms with van der Waals surface area (Å²) in [5.41, 5.74) is 1.72. The quantitative estimate of drug-likeness (QED) is 0.676. The second-order valence-electron chi connectivity index (χ2n) is 5.08. The summed E-state index contributed by atoms with van der Waals surface area (Å²) in [6.45, 7) is 4.19. The smallest absolute Gasteiger partial charge is 0.250 e. The van der Waals surface area contributed by atoms with Gasteiger partial charge in [0.05, 0.1) is 17.3 Å². The van der Waals surface area contributed by atoms with Gasteiger partial charge in [0, 0.05) is 18.5 Å². The predicted molar refractivity (Wildman–Crippen MR) is 92.0 cm³/mol. The molecular weight excluding hydrogens is 318 g/mol. The number of pyridine rings is 1. The fourth-order valence-electron chi connectivity index (χ4n) is 2.10. The van der Waals surface area contributed by atoms with Gasteiger partial charge in [-0.25, -0.2) is 4.98 Å². The minimum atomic E-state index is -0.548. The number of nitrogens with zero attached hydrogens (tertiary/aromatic N) is 1. The number of hydrogen-bond donors (Lipinski definition) is 3. The van der Waals surface area contributed by atoms with Crippen molar-refractivity contribution in [3.63, 3.8) is 0 Å². The van der Waals surface area contributed by atoms with Gasteiger partial charge < -0.3 is 20.5 Å².